The number of nitrogens with zero attached hydrogens (tertiary/aromatic N) is 6. The predicted molar refractivity (Wildman–Crippen MR) is 174 cm³/mol. The fraction of sp³-hybridized carbons (Fsp3) is 0.438. The molecule has 0 spiro atoms. The van der Waals surface area contributed by atoms with Crippen LogP contribution < -0.4 is 20.4 Å². The number of piperidine rings is 1. The maximum Gasteiger partial charge on any atom is 0.321 e. The Bertz CT molecular complexity index is 1390. The summed E-state index contributed by atoms with van der Waals surface area (Å²) in [7, 11) is 2.24. The van der Waals surface area contributed by atoms with E-state index in [-0.39, 0.29) is 11.8 Å². The number of anilines is 5. The molecule has 3 heterocycles. The van der Waals surface area contributed by atoms with Crippen molar-refractivity contribution in [3.05, 3.63) is 65.3 Å². The number of aromatic nitrogens is 2. The molecule has 0 aliphatic carbocycles. The molecule has 1 aromatic heterocycles. The quantitative estimate of drug-likeness (QED) is 0.299. The molecule has 0 atom stereocenters. The molecule has 0 saturated carbocycles. The lowest BCUT2D eigenvalue weighted by molar-refractivity contribution is 0.101. The van der Waals surface area contributed by atoms with Gasteiger partial charge >= 0.3 is 6.03 Å². The highest BCUT2D eigenvalue weighted by atomic mass is 35.5. The van der Waals surface area contributed by atoms with Crippen LogP contribution in [0.1, 0.15) is 43.5 Å². The maximum atomic E-state index is 12.8. The number of benzene rings is 2. The first-order valence-corrected chi connectivity index (χ1v) is 15.4. The second kappa shape index (κ2) is 14.1. The lowest BCUT2D eigenvalue weighted by Crippen LogP contribution is -2.50. The van der Waals surface area contributed by atoms with Crippen LogP contribution in [0.5, 0.6) is 0 Å². The minimum atomic E-state index is -0.178. The van der Waals surface area contributed by atoms with Crippen molar-refractivity contribution in [3.8, 4) is 0 Å². The zero-order valence-corrected chi connectivity index (χ0v) is 26.0. The molecule has 2 aromatic carbocycles. The van der Waals surface area contributed by atoms with Crippen LogP contribution in [-0.4, -0.2) is 90.5 Å². The molecule has 10 nitrogen and oxygen atoms in total. The number of hydrogen-bond donors (Lipinski definition) is 2. The molecule has 228 valence electrons. The SMILES string of the molecule is CCCN(C)C1CCN(c2ccc(Nc3ncc(Cl)c(N4CCN(C(=O)Nc5ccc(C(C)=O)cc5)CC4)n3)cc2)CC1. The molecule has 43 heavy (non-hydrogen) atoms. The van der Waals surface area contributed by atoms with Crippen molar-refractivity contribution < 1.29 is 9.59 Å². The molecule has 2 aliphatic heterocycles. The highest BCUT2D eigenvalue weighted by Crippen LogP contribution is 2.28. The fourth-order valence-corrected chi connectivity index (χ4v) is 5.95. The Morgan fingerprint density at radius 3 is 2.21 bits per heavy atom. The van der Waals surface area contributed by atoms with Crippen molar-refractivity contribution in [3.63, 3.8) is 0 Å². The van der Waals surface area contributed by atoms with Crippen LogP contribution in [0.3, 0.4) is 0 Å². The van der Waals surface area contributed by atoms with Gasteiger partial charge in [0.25, 0.3) is 0 Å². The van der Waals surface area contributed by atoms with Crippen molar-refractivity contribution >= 4 is 52.2 Å². The molecule has 2 aliphatic rings. The van der Waals surface area contributed by atoms with Crippen LogP contribution in [-0.2, 0) is 0 Å². The summed E-state index contributed by atoms with van der Waals surface area (Å²) in [6, 6.07) is 15.8. The zero-order valence-electron chi connectivity index (χ0n) is 25.2. The highest BCUT2D eigenvalue weighted by Gasteiger charge is 2.25. The molecule has 5 rings (SSSR count). The number of nitrogens with one attached hydrogen (secondary N) is 2. The zero-order chi connectivity index (χ0) is 30.3. The van der Waals surface area contributed by atoms with E-state index in [4.69, 9.17) is 16.6 Å². The summed E-state index contributed by atoms with van der Waals surface area (Å²) in [6.45, 7) is 9.28. The Kier molecular flexibility index (Phi) is 9.99. The van der Waals surface area contributed by atoms with Gasteiger partial charge in [-0.05, 0) is 88.3 Å². The van der Waals surface area contributed by atoms with Crippen LogP contribution in [0.4, 0.5) is 33.6 Å². The van der Waals surface area contributed by atoms with Crippen LogP contribution in [0.25, 0.3) is 0 Å². The van der Waals surface area contributed by atoms with Gasteiger partial charge in [-0.15, -0.1) is 0 Å². The predicted octanol–water partition coefficient (Wildman–Crippen LogP) is 5.74. The van der Waals surface area contributed by atoms with Gasteiger partial charge < -0.3 is 30.2 Å². The van der Waals surface area contributed by atoms with Crippen molar-refractivity contribution in [2.45, 2.75) is 39.2 Å². The van der Waals surface area contributed by atoms with Crippen molar-refractivity contribution in [2.24, 2.45) is 0 Å². The molecule has 2 fully saturated rings. The first kappa shape index (κ1) is 30.6. The topological polar surface area (TPSA) is 96.9 Å². The van der Waals surface area contributed by atoms with Crippen LogP contribution in [0.2, 0.25) is 5.02 Å². The lowest BCUT2D eigenvalue weighted by atomic mass is 10.0. The summed E-state index contributed by atoms with van der Waals surface area (Å²) < 4.78 is 0. The third-order valence-corrected chi connectivity index (χ3v) is 8.55. The van der Waals surface area contributed by atoms with E-state index in [2.05, 4.69) is 68.6 Å². The standard InChI is InChI=1S/C32H41ClN8O2/c1-4-15-38(3)27-13-16-39(17-14-27)28-11-9-25(10-12-28)35-31-34-22-29(33)30(37-31)40-18-20-41(21-19-40)32(43)36-26-7-5-24(6-8-26)23(2)42/h5-12,22,27H,4,13-21H2,1-3H3,(H,36,43)(H,34,35,37). The molecule has 2 N–H and O–H groups in total. The number of rotatable bonds is 9. The van der Waals surface area contributed by atoms with Gasteiger partial charge in [0, 0.05) is 67.9 Å². The van der Waals surface area contributed by atoms with Crippen molar-refractivity contribution in [2.75, 3.05) is 73.3 Å². The van der Waals surface area contributed by atoms with Gasteiger partial charge in [0.05, 0.1) is 6.20 Å². The molecular weight excluding hydrogens is 564 g/mol. The lowest BCUT2D eigenvalue weighted by Gasteiger charge is -2.37. The summed E-state index contributed by atoms with van der Waals surface area (Å²) in [5.41, 5.74) is 3.41. The molecule has 0 bridgehead atoms. The third kappa shape index (κ3) is 7.74. The Hall–Kier alpha value is -3.89. The van der Waals surface area contributed by atoms with Crippen LogP contribution >= 0.6 is 11.6 Å². The van der Waals surface area contributed by atoms with Crippen LogP contribution in [0, 0.1) is 0 Å². The van der Waals surface area contributed by atoms with Gasteiger partial charge in [0.15, 0.2) is 11.6 Å². The second-order valence-electron chi connectivity index (χ2n) is 11.3. The number of ketones is 1. The second-order valence-corrected chi connectivity index (χ2v) is 11.7. The Morgan fingerprint density at radius 2 is 1.58 bits per heavy atom. The van der Waals surface area contributed by atoms with Crippen LogP contribution in [0.15, 0.2) is 54.7 Å². The first-order chi connectivity index (χ1) is 20.8. The van der Waals surface area contributed by atoms with E-state index in [9.17, 15) is 9.59 Å². The number of halogens is 1. The number of amides is 2. The molecule has 0 radical (unpaired) electrons. The van der Waals surface area contributed by atoms with Crippen molar-refractivity contribution in [1.82, 2.24) is 19.8 Å². The fourth-order valence-electron chi connectivity index (χ4n) is 5.74. The first-order valence-electron chi connectivity index (χ1n) is 15.1. The molecule has 2 saturated heterocycles. The highest BCUT2D eigenvalue weighted by molar-refractivity contribution is 6.32. The molecule has 2 amide bonds. The van der Waals surface area contributed by atoms with E-state index >= 15 is 0 Å². The smallest absolute Gasteiger partial charge is 0.321 e. The average Bonchev–Trinajstić information content (AvgIpc) is 3.03. The number of Topliss-reactive ketones (excluding diaryl/α,β-unsaturated/α-hetero) is 1. The third-order valence-electron chi connectivity index (χ3n) is 8.29. The number of hydrogen-bond acceptors (Lipinski definition) is 8. The number of urea groups is 1. The Balaban J connectivity index is 1.13. The van der Waals surface area contributed by atoms with Gasteiger partial charge in [0.2, 0.25) is 5.95 Å². The maximum absolute atomic E-state index is 12.8. The average molecular weight is 605 g/mol. The number of carbonyl (C=O) groups is 2. The summed E-state index contributed by atoms with van der Waals surface area (Å²) >= 11 is 6.51. The van der Waals surface area contributed by atoms with Gasteiger partial charge in [-0.3, -0.25) is 4.79 Å². The number of piperazine rings is 1. The Morgan fingerprint density at radius 1 is 0.930 bits per heavy atom. The normalized spacial score (nSPS) is 16.0. The molecular formula is C32H41ClN8O2. The summed E-state index contributed by atoms with van der Waals surface area (Å²) in [4.78, 5) is 42.2. The monoisotopic (exact) mass is 604 g/mol. The van der Waals surface area contributed by atoms with Gasteiger partial charge in [0.1, 0.15) is 5.02 Å². The number of carbonyl (C=O) groups excluding carboxylic acids is 2. The summed E-state index contributed by atoms with van der Waals surface area (Å²) in [5.74, 6) is 1.11. The van der Waals surface area contributed by atoms with Gasteiger partial charge in [-0.2, -0.15) is 4.98 Å². The molecule has 3 aromatic rings. The van der Waals surface area contributed by atoms with E-state index < -0.39 is 0 Å². The van der Waals surface area contributed by atoms with E-state index in [0.717, 1.165) is 25.3 Å². The van der Waals surface area contributed by atoms with Gasteiger partial charge in [-0.25, -0.2) is 9.78 Å². The van der Waals surface area contributed by atoms with E-state index in [1.807, 2.05) is 0 Å². The Labute approximate surface area is 259 Å². The minimum absolute atomic E-state index is 0.00861. The minimum Gasteiger partial charge on any atom is -0.371 e. The summed E-state index contributed by atoms with van der Waals surface area (Å²) in [6.07, 6.45) is 5.18. The van der Waals surface area contributed by atoms with E-state index in [1.54, 1.807) is 35.4 Å². The molecule has 11 heteroatoms. The van der Waals surface area contributed by atoms with E-state index in [1.165, 1.54) is 31.9 Å². The largest absolute Gasteiger partial charge is 0.371 e. The molecule has 0 unspecified atom stereocenters. The summed E-state index contributed by atoms with van der Waals surface area (Å²) in [5, 5.41) is 6.69. The van der Waals surface area contributed by atoms with E-state index in [0.29, 0.717) is 60.3 Å². The van der Waals surface area contributed by atoms with Crippen molar-refractivity contribution in [1.29, 1.82) is 0 Å². The van der Waals surface area contributed by atoms with Gasteiger partial charge in [-0.1, -0.05) is 18.5 Å².